The maximum absolute atomic E-state index is 5.31. The number of hydrogen-bond acceptors (Lipinski definition) is 3. The lowest BCUT2D eigenvalue weighted by Crippen LogP contribution is -2.29. The lowest BCUT2D eigenvalue weighted by molar-refractivity contribution is 0.770. The zero-order chi connectivity index (χ0) is 29.8. The molecule has 9 rings (SSSR count). The molecule has 0 N–H and O–H groups in total. The van der Waals surface area contributed by atoms with E-state index in [4.69, 9.17) is 9.97 Å². The molecule has 0 bridgehead atoms. The van der Waals surface area contributed by atoms with Crippen molar-refractivity contribution in [3.8, 4) is 33.8 Å². The van der Waals surface area contributed by atoms with Crippen LogP contribution < -0.4 is 0 Å². The van der Waals surface area contributed by atoms with Gasteiger partial charge in [0.25, 0.3) is 0 Å². The minimum Gasteiger partial charge on any atom is -0.254 e. The molecule has 0 amide bonds. The predicted octanol–water partition coefficient (Wildman–Crippen LogP) is 9.88. The molecule has 1 aliphatic rings. The summed E-state index contributed by atoms with van der Waals surface area (Å²) in [5, 5.41) is 2.14. The number of nitrogens with zero attached hydrogens (tertiary/aromatic N) is 3. The maximum Gasteiger partial charge on any atom is 0.0972 e. The van der Waals surface area contributed by atoms with Gasteiger partial charge in [-0.25, -0.2) is 9.97 Å². The second-order valence-corrected chi connectivity index (χ2v) is 11.6. The van der Waals surface area contributed by atoms with Crippen LogP contribution in [0.25, 0.3) is 55.6 Å². The molecule has 0 spiro atoms. The average molecular weight is 574 g/mol. The Labute approximate surface area is 261 Å². The molecule has 3 heteroatoms. The predicted molar refractivity (Wildman–Crippen MR) is 183 cm³/mol. The van der Waals surface area contributed by atoms with Crippen LogP contribution in [-0.4, -0.2) is 15.0 Å². The lowest BCUT2D eigenvalue weighted by Gasteiger charge is -2.35. The Morgan fingerprint density at radius 1 is 0.378 bits per heavy atom. The van der Waals surface area contributed by atoms with Crippen LogP contribution in [0, 0.1) is 0 Å². The van der Waals surface area contributed by atoms with Crippen molar-refractivity contribution in [1.29, 1.82) is 0 Å². The monoisotopic (exact) mass is 573 g/mol. The number of aromatic nitrogens is 3. The van der Waals surface area contributed by atoms with E-state index >= 15 is 0 Å². The summed E-state index contributed by atoms with van der Waals surface area (Å²) in [7, 11) is 0. The van der Waals surface area contributed by atoms with Gasteiger partial charge in [-0.3, -0.25) is 4.98 Å². The summed E-state index contributed by atoms with van der Waals surface area (Å²) in [4.78, 5) is 15.1. The van der Waals surface area contributed by atoms with Crippen LogP contribution >= 0.6 is 0 Å². The van der Waals surface area contributed by atoms with Crippen molar-refractivity contribution >= 4 is 21.8 Å². The van der Waals surface area contributed by atoms with E-state index in [-0.39, 0.29) is 0 Å². The molecule has 3 heterocycles. The third kappa shape index (κ3) is 3.81. The SMILES string of the molecule is c1ccc(C2(c3ccccc3)c3ccccc3-c3cccc(-c4cccc(-c5ccc6ccc7cccnc7c6n5)n4)c32)cc1. The lowest BCUT2D eigenvalue weighted by atomic mass is 9.66. The van der Waals surface area contributed by atoms with E-state index < -0.39 is 5.41 Å². The summed E-state index contributed by atoms with van der Waals surface area (Å²) in [5.74, 6) is 0. The van der Waals surface area contributed by atoms with Crippen LogP contribution in [0.1, 0.15) is 22.3 Å². The molecule has 210 valence electrons. The van der Waals surface area contributed by atoms with Crippen molar-refractivity contribution in [3.05, 3.63) is 186 Å². The van der Waals surface area contributed by atoms with Crippen molar-refractivity contribution in [2.24, 2.45) is 0 Å². The summed E-state index contributed by atoms with van der Waals surface area (Å²) in [6, 6.07) is 56.0. The van der Waals surface area contributed by atoms with Crippen LogP contribution in [-0.2, 0) is 5.41 Å². The van der Waals surface area contributed by atoms with Gasteiger partial charge in [0.05, 0.1) is 33.5 Å². The molecule has 0 radical (unpaired) electrons. The van der Waals surface area contributed by atoms with E-state index in [2.05, 4.69) is 157 Å². The first-order valence-corrected chi connectivity index (χ1v) is 15.3. The molecule has 0 unspecified atom stereocenters. The Morgan fingerprint density at radius 2 is 0.978 bits per heavy atom. The molecule has 0 atom stereocenters. The molecule has 1 aliphatic carbocycles. The molecule has 0 saturated carbocycles. The minimum atomic E-state index is -0.505. The number of hydrogen-bond donors (Lipinski definition) is 0. The Hall–Kier alpha value is -5.93. The molecular weight excluding hydrogens is 546 g/mol. The molecule has 3 aromatic heterocycles. The quantitative estimate of drug-likeness (QED) is 0.197. The third-order valence-corrected chi connectivity index (χ3v) is 9.19. The van der Waals surface area contributed by atoms with Gasteiger partial charge < -0.3 is 0 Å². The summed E-state index contributed by atoms with van der Waals surface area (Å²) in [6.07, 6.45) is 1.83. The van der Waals surface area contributed by atoms with Crippen LogP contribution in [0.15, 0.2) is 164 Å². The highest BCUT2D eigenvalue weighted by molar-refractivity contribution is 6.03. The Kier molecular flexibility index (Phi) is 5.72. The van der Waals surface area contributed by atoms with Gasteiger partial charge in [0, 0.05) is 22.5 Å². The van der Waals surface area contributed by atoms with Crippen molar-refractivity contribution < 1.29 is 0 Å². The summed E-state index contributed by atoms with van der Waals surface area (Å²) in [6.45, 7) is 0. The van der Waals surface area contributed by atoms with Gasteiger partial charge in [-0.2, -0.15) is 0 Å². The fourth-order valence-corrected chi connectivity index (χ4v) is 7.31. The van der Waals surface area contributed by atoms with Gasteiger partial charge in [-0.05, 0) is 57.6 Å². The Bertz CT molecular complexity index is 2340. The molecule has 8 aromatic rings. The smallest absolute Gasteiger partial charge is 0.0972 e. The molecule has 3 nitrogen and oxygen atoms in total. The molecule has 0 fully saturated rings. The molecule has 5 aromatic carbocycles. The zero-order valence-corrected chi connectivity index (χ0v) is 24.4. The van der Waals surface area contributed by atoms with Gasteiger partial charge in [0.2, 0.25) is 0 Å². The van der Waals surface area contributed by atoms with E-state index in [1.54, 1.807) is 0 Å². The third-order valence-electron chi connectivity index (χ3n) is 9.19. The first-order chi connectivity index (χ1) is 22.3. The standard InChI is InChI=1S/C42H27N3/c1-3-13-30(14-4-1)42(31-15-5-2-6-16-31)35-20-8-7-17-32(35)33-18-9-19-34(39(33)42)36-21-10-22-37(44-36)38-26-25-29-24-23-28-12-11-27-43-40(28)41(29)45-38/h1-27H. The zero-order valence-electron chi connectivity index (χ0n) is 24.4. The first kappa shape index (κ1) is 25.6. The fourth-order valence-electron chi connectivity index (χ4n) is 7.31. The average Bonchev–Trinajstić information content (AvgIpc) is 3.43. The number of fused-ring (bicyclic) bond motifs is 6. The van der Waals surface area contributed by atoms with Crippen molar-refractivity contribution in [2.75, 3.05) is 0 Å². The maximum atomic E-state index is 5.31. The Balaban J connectivity index is 1.30. The van der Waals surface area contributed by atoms with E-state index in [1.165, 1.54) is 33.4 Å². The fraction of sp³-hybridized carbons (Fsp3) is 0.0238. The summed E-state index contributed by atoms with van der Waals surface area (Å²) < 4.78 is 0. The van der Waals surface area contributed by atoms with E-state index in [0.717, 1.165) is 44.5 Å². The number of pyridine rings is 3. The first-order valence-electron chi connectivity index (χ1n) is 15.3. The van der Waals surface area contributed by atoms with Crippen molar-refractivity contribution in [3.63, 3.8) is 0 Å². The van der Waals surface area contributed by atoms with Gasteiger partial charge in [0.1, 0.15) is 0 Å². The van der Waals surface area contributed by atoms with Crippen LogP contribution in [0.5, 0.6) is 0 Å². The van der Waals surface area contributed by atoms with Gasteiger partial charge in [-0.15, -0.1) is 0 Å². The van der Waals surface area contributed by atoms with Gasteiger partial charge >= 0.3 is 0 Å². The van der Waals surface area contributed by atoms with E-state index in [1.807, 2.05) is 12.3 Å². The van der Waals surface area contributed by atoms with Crippen LogP contribution in [0.2, 0.25) is 0 Å². The topological polar surface area (TPSA) is 38.7 Å². The molecule has 0 aliphatic heterocycles. The van der Waals surface area contributed by atoms with Gasteiger partial charge in [0.15, 0.2) is 0 Å². The Morgan fingerprint density at radius 3 is 1.78 bits per heavy atom. The highest BCUT2D eigenvalue weighted by atomic mass is 14.8. The summed E-state index contributed by atoms with van der Waals surface area (Å²) in [5.41, 5.74) is 12.5. The van der Waals surface area contributed by atoms with Gasteiger partial charge in [-0.1, -0.05) is 133 Å². The van der Waals surface area contributed by atoms with Crippen LogP contribution in [0.4, 0.5) is 0 Å². The van der Waals surface area contributed by atoms with Crippen LogP contribution in [0.3, 0.4) is 0 Å². The highest BCUT2D eigenvalue weighted by Gasteiger charge is 2.47. The normalized spacial score (nSPS) is 13.1. The largest absolute Gasteiger partial charge is 0.254 e. The second-order valence-electron chi connectivity index (χ2n) is 11.6. The van der Waals surface area contributed by atoms with Crippen molar-refractivity contribution in [2.45, 2.75) is 5.41 Å². The molecule has 0 saturated heterocycles. The minimum absolute atomic E-state index is 0.505. The number of rotatable bonds is 4. The molecule has 45 heavy (non-hydrogen) atoms. The summed E-state index contributed by atoms with van der Waals surface area (Å²) >= 11 is 0. The second kappa shape index (κ2) is 10.1. The highest BCUT2D eigenvalue weighted by Crippen LogP contribution is 2.58. The van der Waals surface area contributed by atoms with E-state index in [0.29, 0.717) is 0 Å². The van der Waals surface area contributed by atoms with E-state index in [9.17, 15) is 0 Å². The van der Waals surface area contributed by atoms with Crippen molar-refractivity contribution in [1.82, 2.24) is 15.0 Å². The molecular formula is C42H27N3. The number of benzene rings is 5.